The van der Waals surface area contributed by atoms with Gasteiger partial charge in [0.2, 0.25) is 0 Å². The van der Waals surface area contributed by atoms with Crippen molar-refractivity contribution < 1.29 is 4.74 Å². The fourth-order valence-electron chi connectivity index (χ4n) is 3.60. The van der Waals surface area contributed by atoms with Gasteiger partial charge in [-0.25, -0.2) is 9.97 Å². The largest absolute Gasteiger partial charge is 0.497 e. The van der Waals surface area contributed by atoms with Gasteiger partial charge < -0.3 is 10.1 Å². The molecule has 1 saturated heterocycles. The van der Waals surface area contributed by atoms with Gasteiger partial charge in [-0.15, -0.1) is 0 Å². The van der Waals surface area contributed by atoms with Crippen LogP contribution in [-0.2, 0) is 6.54 Å². The quantitative estimate of drug-likeness (QED) is 0.824. The first-order chi connectivity index (χ1) is 12.8. The van der Waals surface area contributed by atoms with Gasteiger partial charge in [-0.1, -0.05) is 12.1 Å². The van der Waals surface area contributed by atoms with Crippen LogP contribution in [0.4, 0.5) is 5.82 Å². The van der Waals surface area contributed by atoms with Crippen molar-refractivity contribution in [1.82, 2.24) is 14.9 Å². The minimum atomic E-state index is 0.609. The van der Waals surface area contributed by atoms with E-state index in [0.29, 0.717) is 5.92 Å². The zero-order chi connectivity index (χ0) is 17.8. The van der Waals surface area contributed by atoms with Gasteiger partial charge in [0, 0.05) is 25.2 Å². The molecule has 138 valence electrons. The van der Waals surface area contributed by atoms with Crippen LogP contribution in [0.25, 0.3) is 0 Å². The van der Waals surface area contributed by atoms with Crippen LogP contribution in [0, 0.1) is 5.92 Å². The Morgan fingerprint density at radius 3 is 2.54 bits per heavy atom. The summed E-state index contributed by atoms with van der Waals surface area (Å²) in [7, 11) is 1.71. The van der Waals surface area contributed by atoms with Gasteiger partial charge in [0.25, 0.3) is 0 Å². The van der Waals surface area contributed by atoms with Crippen LogP contribution in [0.5, 0.6) is 5.75 Å². The Balaban J connectivity index is 1.21. The van der Waals surface area contributed by atoms with Crippen molar-refractivity contribution >= 4 is 5.82 Å². The van der Waals surface area contributed by atoms with E-state index in [9.17, 15) is 0 Å². The van der Waals surface area contributed by atoms with E-state index in [1.807, 2.05) is 24.4 Å². The highest BCUT2D eigenvalue weighted by Gasteiger charge is 2.26. The molecule has 2 fully saturated rings. The summed E-state index contributed by atoms with van der Waals surface area (Å²) in [6.45, 7) is 4.36. The topological polar surface area (TPSA) is 50.3 Å². The average molecular weight is 352 g/mol. The summed E-state index contributed by atoms with van der Waals surface area (Å²) in [6.07, 6.45) is 6.86. The lowest BCUT2D eigenvalue weighted by molar-refractivity contribution is 0.182. The number of methoxy groups -OCH3 is 1. The third kappa shape index (κ3) is 4.52. The molecule has 4 rings (SSSR count). The third-order valence-corrected chi connectivity index (χ3v) is 5.46. The Labute approximate surface area is 155 Å². The van der Waals surface area contributed by atoms with Gasteiger partial charge in [0.05, 0.1) is 7.11 Å². The summed E-state index contributed by atoms with van der Waals surface area (Å²) >= 11 is 0. The van der Waals surface area contributed by atoms with Crippen LogP contribution in [0.15, 0.2) is 36.5 Å². The Morgan fingerprint density at radius 2 is 1.85 bits per heavy atom. The zero-order valence-corrected chi connectivity index (χ0v) is 15.5. The fraction of sp³-hybridized carbons (Fsp3) is 0.524. The zero-order valence-electron chi connectivity index (χ0n) is 15.5. The molecule has 0 radical (unpaired) electrons. The van der Waals surface area contributed by atoms with Gasteiger partial charge in [-0.2, -0.15) is 0 Å². The summed E-state index contributed by atoms with van der Waals surface area (Å²) in [5.74, 6) is 4.26. The highest BCUT2D eigenvalue weighted by atomic mass is 16.5. The lowest BCUT2D eigenvalue weighted by Gasteiger charge is -2.32. The summed E-state index contributed by atoms with van der Waals surface area (Å²) in [5.41, 5.74) is 1.36. The number of piperidine rings is 1. The van der Waals surface area contributed by atoms with E-state index in [2.05, 4.69) is 32.3 Å². The number of anilines is 1. The number of hydrogen-bond acceptors (Lipinski definition) is 5. The number of ether oxygens (including phenoxy) is 1. The van der Waals surface area contributed by atoms with Crippen molar-refractivity contribution in [2.75, 3.05) is 32.1 Å². The summed E-state index contributed by atoms with van der Waals surface area (Å²) in [5, 5.41) is 3.53. The fourth-order valence-corrected chi connectivity index (χ4v) is 3.60. The molecule has 2 aliphatic rings. The number of nitrogens with one attached hydrogen (secondary N) is 1. The molecule has 0 unspecified atom stereocenters. The molecule has 1 aliphatic heterocycles. The summed E-state index contributed by atoms with van der Waals surface area (Å²) < 4.78 is 5.23. The first kappa shape index (κ1) is 17.3. The minimum Gasteiger partial charge on any atom is -0.497 e. The molecule has 2 aromatic rings. The molecular formula is C21H28N4O. The number of benzene rings is 1. The second-order valence-corrected chi connectivity index (χ2v) is 7.52. The van der Waals surface area contributed by atoms with Gasteiger partial charge in [-0.05, 0) is 68.5 Å². The predicted molar refractivity (Wildman–Crippen MR) is 103 cm³/mol. The minimum absolute atomic E-state index is 0.609. The SMILES string of the molecule is COc1ccc(CN2CCC(CNc3ccnc(C4CC4)n3)CC2)cc1. The van der Waals surface area contributed by atoms with Gasteiger partial charge >= 0.3 is 0 Å². The Morgan fingerprint density at radius 1 is 1.08 bits per heavy atom. The number of aromatic nitrogens is 2. The van der Waals surface area contributed by atoms with Crippen LogP contribution >= 0.6 is 0 Å². The first-order valence-corrected chi connectivity index (χ1v) is 9.72. The summed E-state index contributed by atoms with van der Waals surface area (Å²) in [4.78, 5) is 11.6. The van der Waals surface area contributed by atoms with Crippen LogP contribution in [0.3, 0.4) is 0 Å². The molecule has 1 aliphatic carbocycles. The second-order valence-electron chi connectivity index (χ2n) is 7.52. The highest BCUT2D eigenvalue weighted by Crippen LogP contribution is 2.38. The maximum absolute atomic E-state index is 5.23. The normalized spacial score (nSPS) is 18.7. The van der Waals surface area contributed by atoms with Crippen molar-refractivity contribution in [3.63, 3.8) is 0 Å². The molecule has 5 nitrogen and oxygen atoms in total. The van der Waals surface area contributed by atoms with Crippen molar-refractivity contribution in [3.05, 3.63) is 47.9 Å². The van der Waals surface area contributed by atoms with Gasteiger partial charge in [-0.3, -0.25) is 4.90 Å². The number of rotatable bonds is 7. The van der Waals surface area contributed by atoms with Crippen LogP contribution in [0.2, 0.25) is 0 Å². The number of hydrogen-bond donors (Lipinski definition) is 1. The van der Waals surface area contributed by atoms with Gasteiger partial charge in [0.15, 0.2) is 0 Å². The third-order valence-electron chi connectivity index (χ3n) is 5.46. The van der Waals surface area contributed by atoms with Crippen molar-refractivity contribution in [3.8, 4) is 5.75 Å². The van der Waals surface area contributed by atoms with E-state index < -0.39 is 0 Å². The molecule has 0 atom stereocenters. The number of nitrogens with zero attached hydrogens (tertiary/aromatic N) is 3. The molecule has 2 heterocycles. The van der Waals surface area contributed by atoms with E-state index in [1.165, 1.54) is 31.2 Å². The maximum Gasteiger partial charge on any atom is 0.133 e. The highest BCUT2D eigenvalue weighted by molar-refractivity contribution is 5.34. The molecule has 0 bridgehead atoms. The van der Waals surface area contributed by atoms with Crippen LogP contribution in [0.1, 0.15) is 43.0 Å². The molecule has 0 spiro atoms. The Hall–Kier alpha value is -2.14. The van der Waals surface area contributed by atoms with E-state index in [0.717, 1.165) is 49.5 Å². The molecular weight excluding hydrogens is 324 g/mol. The van der Waals surface area contributed by atoms with Crippen molar-refractivity contribution in [2.45, 2.75) is 38.1 Å². The van der Waals surface area contributed by atoms with Crippen LogP contribution < -0.4 is 10.1 Å². The number of likely N-dealkylation sites (tertiary alicyclic amines) is 1. The average Bonchev–Trinajstić information content (AvgIpc) is 3.54. The van der Waals surface area contributed by atoms with E-state index in [4.69, 9.17) is 4.74 Å². The second kappa shape index (κ2) is 8.04. The van der Waals surface area contributed by atoms with Crippen LogP contribution in [-0.4, -0.2) is 41.6 Å². The van der Waals surface area contributed by atoms with E-state index >= 15 is 0 Å². The molecule has 1 aromatic carbocycles. The Kier molecular flexibility index (Phi) is 5.34. The van der Waals surface area contributed by atoms with E-state index in [-0.39, 0.29) is 0 Å². The standard InChI is InChI=1S/C21H28N4O/c1-26-19-6-2-17(3-7-19)15-25-12-9-16(10-13-25)14-23-20-8-11-22-21(24-20)18-4-5-18/h2-3,6-8,11,16,18H,4-5,9-10,12-15H2,1H3,(H,22,23,24). The molecule has 5 heteroatoms. The smallest absolute Gasteiger partial charge is 0.133 e. The van der Waals surface area contributed by atoms with Crippen molar-refractivity contribution in [2.24, 2.45) is 5.92 Å². The lowest BCUT2D eigenvalue weighted by Crippen LogP contribution is -2.35. The lowest BCUT2D eigenvalue weighted by atomic mass is 9.96. The van der Waals surface area contributed by atoms with Crippen molar-refractivity contribution in [1.29, 1.82) is 0 Å². The monoisotopic (exact) mass is 352 g/mol. The maximum atomic E-state index is 5.23. The molecule has 26 heavy (non-hydrogen) atoms. The Bertz CT molecular complexity index is 706. The molecule has 1 aromatic heterocycles. The molecule has 1 saturated carbocycles. The molecule has 0 amide bonds. The summed E-state index contributed by atoms with van der Waals surface area (Å²) in [6, 6.07) is 10.4. The first-order valence-electron chi connectivity index (χ1n) is 9.72. The molecule has 1 N–H and O–H groups in total. The predicted octanol–water partition coefficient (Wildman–Crippen LogP) is 3.69. The van der Waals surface area contributed by atoms with E-state index in [1.54, 1.807) is 7.11 Å². The van der Waals surface area contributed by atoms with Gasteiger partial charge in [0.1, 0.15) is 17.4 Å².